The van der Waals surface area contributed by atoms with E-state index in [9.17, 15) is 4.79 Å². The normalized spacial score (nSPS) is 30.2. The summed E-state index contributed by atoms with van der Waals surface area (Å²) in [7, 11) is 1.77. The molecule has 5 nitrogen and oxygen atoms in total. The van der Waals surface area contributed by atoms with Crippen molar-refractivity contribution in [3.8, 4) is 0 Å². The Morgan fingerprint density at radius 3 is 2.65 bits per heavy atom. The SMILES string of the molecule is COC1CC(NCC2CCCN2C(=O)OC(C)(C)C)C1. The van der Waals surface area contributed by atoms with Gasteiger partial charge in [-0.25, -0.2) is 4.79 Å². The lowest BCUT2D eigenvalue weighted by Gasteiger charge is -2.36. The van der Waals surface area contributed by atoms with Crippen LogP contribution in [0.1, 0.15) is 46.5 Å². The smallest absolute Gasteiger partial charge is 0.410 e. The van der Waals surface area contributed by atoms with Crippen molar-refractivity contribution in [1.82, 2.24) is 10.2 Å². The molecule has 1 atom stereocenters. The van der Waals surface area contributed by atoms with Crippen LogP contribution in [-0.2, 0) is 9.47 Å². The molecule has 2 aliphatic rings. The highest BCUT2D eigenvalue weighted by molar-refractivity contribution is 5.69. The number of ether oxygens (including phenoxy) is 2. The molecule has 1 saturated heterocycles. The van der Waals surface area contributed by atoms with Crippen molar-refractivity contribution < 1.29 is 14.3 Å². The maximum Gasteiger partial charge on any atom is 0.410 e. The molecule has 1 aliphatic heterocycles. The van der Waals surface area contributed by atoms with Gasteiger partial charge in [-0.3, -0.25) is 0 Å². The van der Waals surface area contributed by atoms with Crippen LogP contribution in [0.4, 0.5) is 4.79 Å². The third-order valence-electron chi connectivity index (χ3n) is 4.08. The highest BCUT2D eigenvalue weighted by Crippen LogP contribution is 2.24. The fourth-order valence-electron chi connectivity index (χ4n) is 2.84. The summed E-state index contributed by atoms with van der Waals surface area (Å²) in [6, 6.07) is 0.812. The average Bonchev–Trinajstić information content (AvgIpc) is 2.73. The number of likely N-dealkylation sites (tertiary alicyclic amines) is 1. The van der Waals surface area contributed by atoms with E-state index in [0.717, 1.165) is 38.8 Å². The van der Waals surface area contributed by atoms with E-state index in [0.29, 0.717) is 12.1 Å². The monoisotopic (exact) mass is 284 g/mol. The summed E-state index contributed by atoms with van der Waals surface area (Å²) in [5.74, 6) is 0. The number of methoxy groups -OCH3 is 1. The Bertz CT molecular complexity index is 335. The predicted molar refractivity (Wildman–Crippen MR) is 77.8 cm³/mol. The molecule has 1 unspecified atom stereocenters. The van der Waals surface area contributed by atoms with E-state index in [1.54, 1.807) is 7.11 Å². The fraction of sp³-hybridized carbons (Fsp3) is 0.933. The van der Waals surface area contributed by atoms with Gasteiger partial charge in [0.1, 0.15) is 5.60 Å². The van der Waals surface area contributed by atoms with Crippen LogP contribution in [0, 0.1) is 0 Å². The second-order valence-electron chi connectivity index (χ2n) is 6.90. The van der Waals surface area contributed by atoms with Crippen molar-refractivity contribution >= 4 is 6.09 Å². The topological polar surface area (TPSA) is 50.8 Å². The van der Waals surface area contributed by atoms with Crippen LogP contribution in [0.15, 0.2) is 0 Å². The van der Waals surface area contributed by atoms with Crippen LogP contribution in [-0.4, -0.2) is 55.0 Å². The summed E-state index contributed by atoms with van der Waals surface area (Å²) in [6.45, 7) is 7.40. The number of carbonyl (C=O) groups excluding carboxylic acids is 1. The summed E-state index contributed by atoms with van der Waals surface area (Å²) in [6.07, 6.45) is 4.53. The van der Waals surface area contributed by atoms with Gasteiger partial charge in [-0.2, -0.15) is 0 Å². The minimum absolute atomic E-state index is 0.176. The molecule has 1 saturated carbocycles. The molecule has 2 rings (SSSR count). The number of amides is 1. The molecular formula is C15H28N2O3. The lowest BCUT2D eigenvalue weighted by Crippen LogP contribution is -2.50. The zero-order chi connectivity index (χ0) is 14.8. The molecule has 0 aromatic carbocycles. The molecule has 1 N–H and O–H groups in total. The van der Waals surface area contributed by atoms with Crippen LogP contribution < -0.4 is 5.32 Å². The lowest BCUT2D eigenvalue weighted by atomic mass is 9.89. The molecule has 1 aliphatic carbocycles. The molecule has 5 heteroatoms. The summed E-state index contributed by atoms with van der Waals surface area (Å²) >= 11 is 0. The van der Waals surface area contributed by atoms with Crippen LogP contribution in [0.2, 0.25) is 0 Å². The number of hydrogen-bond acceptors (Lipinski definition) is 4. The van der Waals surface area contributed by atoms with Gasteiger partial charge in [-0.05, 0) is 46.5 Å². The van der Waals surface area contributed by atoms with Gasteiger partial charge < -0.3 is 19.7 Å². The summed E-state index contributed by atoms with van der Waals surface area (Å²) in [4.78, 5) is 14.0. The van der Waals surface area contributed by atoms with Gasteiger partial charge in [0.15, 0.2) is 0 Å². The Hall–Kier alpha value is -0.810. The molecule has 2 fully saturated rings. The number of rotatable bonds is 4. The van der Waals surface area contributed by atoms with Gasteiger partial charge in [-0.15, -0.1) is 0 Å². The first kappa shape index (κ1) is 15.6. The van der Waals surface area contributed by atoms with Crippen molar-refractivity contribution in [2.75, 3.05) is 20.2 Å². The largest absolute Gasteiger partial charge is 0.444 e. The lowest BCUT2D eigenvalue weighted by molar-refractivity contribution is 0.0110. The van der Waals surface area contributed by atoms with E-state index in [-0.39, 0.29) is 12.1 Å². The van der Waals surface area contributed by atoms with Crippen molar-refractivity contribution in [2.45, 2.75) is 70.2 Å². The number of hydrogen-bond donors (Lipinski definition) is 1. The minimum Gasteiger partial charge on any atom is -0.444 e. The van der Waals surface area contributed by atoms with Crippen LogP contribution in [0.25, 0.3) is 0 Å². The second kappa shape index (κ2) is 6.31. The molecule has 0 aromatic rings. The zero-order valence-corrected chi connectivity index (χ0v) is 13.1. The van der Waals surface area contributed by atoms with Gasteiger partial charge in [0.25, 0.3) is 0 Å². The third-order valence-corrected chi connectivity index (χ3v) is 4.08. The van der Waals surface area contributed by atoms with Gasteiger partial charge in [-0.1, -0.05) is 0 Å². The minimum atomic E-state index is -0.419. The van der Waals surface area contributed by atoms with E-state index < -0.39 is 5.60 Å². The highest BCUT2D eigenvalue weighted by atomic mass is 16.6. The Morgan fingerprint density at radius 1 is 1.35 bits per heavy atom. The van der Waals surface area contributed by atoms with Crippen molar-refractivity contribution in [3.05, 3.63) is 0 Å². The summed E-state index contributed by atoms with van der Waals surface area (Å²) < 4.78 is 10.8. The highest BCUT2D eigenvalue weighted by Gasteiger charge is 2.34. The standard InChI is InChI=1S/C15H28N2O3/c1-15(2,3)20-14(18)17-7-5-6-12(17)10-16-11-8-13(9-11)19-4/h11-13,16H,5-10H2,1-4H3. The molecule has 0 bridgehead atoms. The summed E-state index contributed by atoms with van der Waals surface area (Å²) in [5, 5.41) is 3.54. The van der Waals surface area contributed by atoms with Gasteiger partial charge >= 0.3 is 6.09 Å². The van der Waals surface area contributed by atoms with E-state index in [4.69, 9.17) is 9.47 Å². The first-order valence-electron chi connectivity index (χ1n) is 7.65. The third kappa shape index (κ3) is 4.09. The second-order valence-corrected chi connectivity index (χ2v) is 6.90. The van der Waals surface area contributed by atoms with Gasteiger partial charge in [0, 0.05) is 32.3 Å². The fourth-order valence-corrected chi connectivity index (χ4v) is 2.84. The maximum atomic E-state index is 12.2. The maximum absolute atomic E-state index is 12.2. The zero-order valence-electron chi connectivity index (χ0n) is 13.1. The predicted octanol–water partition coefficient (Wildman–Crippen LogP) is 2.15. The Balaban J connectivity index is 1.75. The molecule has 20 heavy (non-hydrogen) atoms. The van der Waals surface area contributed by atoms with Crippen LogP contribution >= 0.6 is 0 Å². The Kier molecular flexibility index (Phi) is 4.91. The molecule has 0 radical (unpaired) electrons. The molecule has 0 spiro atoms. The molecule has 1 amide bonds. The molecule has 1 heterocycles. The molecule has 116 valence electrons. The van der Waals surface area contributed by atoms with Crippen LogP contribution in [0.3, 0.4) is 0 Å². The summed E-state index contributed by atoms with van der Waals surface area (Å²) in [5.41, 5.74) is -0.419. The number of carbonyl (C=O) groups is 1. The number of nitrogens with zero attached hydrogens (tertiary/aromatic N) is 1. The van der Waals surface area contributed by atoms with E-state index >= 15 is 0 Å². The number of nitrogens with one attached hydrogen (secondary N) is 1. The van der Waals surface area contributed by atoms with Crippen LogP contribution in [0.5, 0.6) is 0 Å². The van der Waals surface area contributed by atoms with E-state index in [2.05, 4.69) is 5.32 Å². The first-order valence-corrected chi connectivity index (χ1v) is 7.65. The average molecular weight is 284 g/mol. The van der Waals surface area contributed by atoms with E-state index in [1.165, 1.54) is 0 Å². The van der Waals surface area contributed by atoms with Gasteiger partial charge in [0.2, 0.25) is 0 Å². The van der Waals surface area contributed by atoms with Crippen molar-refractivity contribution in [2.24, 2.45) is 0 Å². The Morgan fingerprint density at radius 2 is 2.05 bits per heavy atom. The quantitative estimate of drug-likeness (QED) is 0.859. The Labute approximate surface area is 122 Å². The van der Waals surface area contributed by atoms with E-state index in [1.807, 2.05) is 25.7 Å². The molecular weight excluding hydrogens is 256 g/mol. The first-order chi connectivity index (χ1) is 9.39. The van der Waals surface area contributed by atoms with Crippen molar-refractivity contribution in [1.29, 1.82) is 0 Å². The van der Waals surface area contributed by atoms with Gasteiger partial charge in [0.05, 0.1) is 6.10 Å². The molecule has 0 aromatic heterocycles. The van der Waals surface area contributed by atoms with Crippen molar-refractivity contribution in [3.63, 3.8) is 0 Å².